The molecule has 5 rings (SSSR count). The molecule has 1 amide bonds. The van der Waals surface area contributed by atoms with Gasteiger partial charge in [0.2, 0.25) is 5.91 Å². The average Bonchev–Trinajstić information content (AvgIpc) is 3.56. The molecule has 1 saturated heterocycles. The molecule has 6 heteroatoms. The molecule has 0 bridgehead atoms. The normalized spacial score (nSPS) is 26.1. The summed E-state index contributed by atoms with van der Waals surface area (Å²) in [7, 11) is 0. The predicted molar refractivity (Wildman–Crippen MR) is 121 cm³/mol. The van der Waals surface area contributed by atoms with Crippen molar-refractivity contribution in [3.8, 4) is 11.3 Å². The van der Waals surface area contributed by atoms with Gasteiger partial charge in [0.05, 0.1) is 24.2 Å². The van der Waals surface area contributed by atoms with Gasteiger partial charge in [0.25, 0.3) is 0 Å². The van der Waals surface area contributed by atoms with Crippen molar-refractivity contribution in [1.82, 2.24) is 15.4 Å². The van der Waals surface area contributed by atoms with Crippen LogP contribution in [0.2, 0.25) is 0 Å². The van der Waals surface area contributed by atoms with Crippen LogP contribution in [0.1, 0.15) is 43.6 Å². The van der Waals surface area contributed by atoms with Crippen LogP contribution in [0.15, 0.2) is 71.3 Å². The third kappa shape index (κ3) is 4.33. The molecule has 1 saturated carbocycles. The van der Waals surface area contributed by atoms with Gasteiger partial charge in [-0.05, 0) is 31.7 Å². The molecule has 32 heavy (non-hydrogen) atoms. The molecule has 0 radical (unpaired) electrons. The molecule has 2 fully saturated rings. The van der Waals surface area contributed by atoms with E-state index < -0.39 is 11.6 Å². The molecule has 3 aromatic rings. The maximum atomic E-state index is 12.7. The van der Waals surface area contributed by atoms with Gasteiger partial charge in [-0.1, -0.05) is 65.8 Å². The Morgan fingerprint density at radius 2 is 1.84 bits per heavy atom. The lowest BCUT2D eigenvalue weighted by Gasteiger charge is -2.49. The van der Waals surface area contributed by atoms with Crippen molar-refractivity contribution in [2.24, 2.45) is 5.92 Å². The summed E-state index contributed by atoms with van der Waals surface area (Å²) < 4.78 is 5.68. The van der Waals surface area contributed by atoms with E-state index in [1.165, 1.54) is 0 Å². The summed E-state index contributed by atoms with van der Waals surface area (Å²) >= 11 is 0. The highest BCUT2D eigenvalue weighted by atomic mass is 16.5. The Kier molecular flexibility index (Phi) is 5.57. The molecule has 1 aliphatic heterocycles. The number of aliphatic hydroxyl groups is 1. The Bertz CT molecular complexity index is 1060. The first-order chi connectivity index (χ1) is 15.5. The van der Waals surface area contributed by atoms with Crippen LogP contribution in [0, 0.1) is 5.92 Å². The lowest BCUT2D eigenvalue weighted by molar-refractivity contribution is -0.130. The number of carbonyl (C=O) groups is 1. The minimum atomic E-state index is -1.00. The van der Waals surface area contributed by atoms with Crippen LogP contribution in [-0.4, -0.2) is 39.3 Å². The fraction of sp³-hybridized carbons (Fsp3) is 0.385. The largest absolute Gasteiger partial charge is 0.388 e. The second kappa shape index (κ2) is 8.52. The third-order valence-corrected chi connectivity index (χ3v) is 6.66. The zero-order valence-corrected chi connectivity index (χ0v) is 18.3. The number of rotatable bonds is 6. The molecular weight excluding hydrogens is 402 g/mol. The van der Waals surface area contributed by atoms with Crippen molar-refractivity contribution in [2.75, 3.05) is 6.54 Å². The second-order valence-electron chi connectivity index (χ2n) is 9.24. The van der Waals surface area contributed by atoms with Crippen LogP contribution in [0.25, 0.3) is 11.3 Å². The summed E-state index contributed by atoms with van der Waals surface area (Å²) in [6.07, 6.45) is 2.42. The van der Waals surface area contributed by atoms with Gasteiger partial charge in [0.15, 0.2) is 5.76 Å². The topological polar surface area (TPSA) is 78.6 Å². The zero-order valence-electron chi connectivity index (χ0n) is 18.3. The van der Waals surface area contributed by atoms with Crippen LogP contribution in [-0.2, 0) is 11.3 Å². The van der Waals surface area contributed by atoms with Gasteiger partial charge in [-0.15, -0.1) is 0 Å². The Labute approximate surface area is 188 Å². The van der Waals surface area contributed by atoms with Crippen molar-refractivity contribution in [3.05, 3.63) is 78.1 Å². The predicted octanol–water partition coefficient (Wildman–Crippen LogP) is 3.93. The number of amides is 1. The number of likely N-dealkylation sites (tertiary alicyclic amines) is 1. The van der Waals surface area contributed by atoms with E-state index >= 15 is 0 Å². The van der Waals surface area contributed by atoms with Crippen molar-refractivity contribution in [1.29, 1.82) is 0 Å². The molecule has 3 unspecified atom stereocenters. The fourth-order valence-corrected chi connectivity index (χ4v) is 4.63. The van der Waals surface area contributed by atoms with Gasteiger partial charge in [-0.3, -0.25) is 9.69 Å². The highest BCUT2D eigenvalue weighted by Gasteiger charge is 2.47. The number of carbonyl (C=O) groups excluding carboxylic acids is 1. The minimum absolute atomic E-state index is 0.0454. The molecular formula is C26H29N3O3. The van der Waals surface area contributed by atoms with E-state index in [1.807, 2.05) is 61.5 Å². The molecule has 1 aliphatic carbocycles. The standard InChI is InChI=1S/C26H29N3O3/c1-26(31)14-15-29(17-21-16-22(28-32-21)18-8-4-2-5-9-18)23(19-10-6-3-7-11-19)24(26)27-25(30)20-12-13-20/h2-11,16,20,23-24,31H,12-15,17H2,1H3,(H,27,30). The van der Waals surface area contributed by atoms with Crippen LogP contribution < -0.4 is 5.32 Å². The number of nitrogens with one attached hydrogen (secondary N) is 1. The number of hydrogen-bond acceptors (Lipinski definition) is 5. The number of nitrogens with zero attached hydrogens (tertiary/aromatic N) is 2. The fourth-order valence-electron chi connectivity index (χ4n) is 4.63. The Morgan fingerprint density at radius 3 is 2.53 bits per heavy atom. The smallest absolute Gasteiger partial charge is 0.223 e. The lowest BCUT2D eigenvalue weighted by atomic mass is 9.79. The highest BCUT2D eigenvalue weighted by Crippen LogP contribution is 2.39. The molecule has 2 aromatic carbocycles. The Balaban J connectivity index is 1.44. The molecule has 3 atom stereocenters. The lowest BCUT2D eigenvalue weighted by Crippen LogP contribution is -2.62. The van der Waals surface area contributed by atoms with Crippen molar-refractivity contribution < 1.29 is 14.4 Å². The molecule has 2 aliphatic rings. The molecule has 6 nitrogen and oxygen atoms in total. The monoisotopic (exact) mass is 431 g/mol. The quantitative estimate of drug-likeness (QED) is 0.618. The first-order valence-corrected chi connectivity index (χ1v) is 11.3. The summed E-state index contributed by atoms with van der Waals surface area (Å²) in [4.78, 5) is 15.0. The zero-order chi connectivity index (χ0) is 22.1. The number of piperidine rings is 1. The first kappa shape index (κ1) is 20.9. The van der Waals surface area contributed by atoms with E-state index in [0.717, 1.165) is 35.4 Å². The number of benzene rings is 2. The van der Waals surface area contributed by atoms with E-state index in [9.17, 15) is 9.90 Å². The van der Waals surface area contributed by atoms with Gasteiger partial charge >= 0.3 is 0 Å². The molecule has 166 valence electrons. The van der Waals surface area contributed by atoms with Crippen LogP contribution >= 0.6 is 0 Å². The van der Waals surface area contributed by atoms with Gasteiger partial charge in [-0.25, -0.2) is 0 Å². The van der Waals surface area contributed by atoms with Crippen LogP contribution in [0.5, 0.6) is 0 Å². The Morgan fingerprint density at radius 1 is 1.16 bits per heavy atom. The van der Waals surface area contributed by atoms with E-state index in [-0.39, 0.29) is 17.9 Å². The van der Waals surface area contributed by atoms with Gasteiger partial charge in [0.1, 0.15) is 5.69 Å². The maximum Gasteiger partial charge on any atom is 0.223 e. The van der Waals surface area contributed by atoms with Crippen molar-refractivity contribution >= 4 is 5.91 Å². The first-order valence-electron chi connectivity index (χ1n) is 11.3. The van der Waals surface area contributed by atoms with Gasteiger partial charge in [-0.2, -0.15) is 0 Å². The van der Waals surface area contributed by atoms with E-state index in [0.29, 0.717) is 19.5 Å². The molecule has 0 spiro atoms. The SMILES string of the molecule is CC1(O)CCN(Cc2cc(-c3ccccc3)no2)C(c2ccccc2)C1NC(=O)C1CC1. The van der Waals surface area contributed by atoms with E-state index in [2.05, 4.69) is 27.5 Å². The summed E-state index contributed by atoms with van der Waals surface area (Å²) in [5.41, 5.74) is 1.88. The van der Waals surface area contributed by atoms with E-state index in [1.54, 1.807) is 0 Å². The summed E-state index contributed by atoms with van der Waals surface area (Å²) in [5, 5.41) is 18.7. The summed E-state index contributed by atoms with van der Waals surface area (Å²) in [6, 6.07) is 21.4. The summed E-state index contributed by atoms with van der Waals surface area (Å²) in [5.74, 6) is 0.892. The van der Waals surface area contributed by atoms with Crippen molar-refractivity contribution in [2.45, 2.75) is 50.4 Å². The number of hydrogen-bond donors (Lipinski definition) is 2. The third-order valence-electron chi connectivity index (χ3n) is 6.66. The van der Waals surface area contributed by atoms with E-state index in [4.69, 9.17) is 4.52 Å². The average molecular weight is 432 g/mol. The molecule has 2 N–H and O–H groups in total. The maximum absolute atomic E-state index is 12.7. The van der Waals surface area contributed by atoms with Crippen molar-refractivity contribution in [3.63, 3.8) is 0 Å². The molecule has 2 heterocycles. The highest BCUT2D eigenvalue weighted by molar-refractivity contribution is 5.81. The molecule has 1 aromatic heterocycles. The Hall–Kier alpha value is -2.96. The van der Waals surface area contributed by atoms with Gasteiger partial charge in [0, 0.05) is 24.1 Å². The number of aromatic nitrogens is 1. The second-order valence-corrected chi connectivity index (χ2v) is 9.24. The van der Waals surface area contributed by atoms with Crippen LogP contribution in [0.4, 0.5) is 0 Å². The minimum Gasteiger partial charge on any atom is -0.388 e. The summed E-state index contributed by atoms with van der Waals surface area (Å²) in [6.45, 7) is 3.06. The van der Waals surface area contributed by atoms with Crippen LogP contribution in [0.3, 0.4) is 0 Å². The van der Waals surface area contributed by atoms with Gasteiger partial charge < -0.3 is 14.9 Å².